The van der Waals surface area contributed by atoms with Crippen molar-refractivity contribution in [3.63, 3.8) is 0 Å². The molecule has 5 rings (SSSR count). The molecule has 0 saturated carbocycles. The summed E-state index contributed by atoms with van der Waals surface area (Å²) in [4.78, 5) is 9.62. The minimum absolute atomic E-state index is 0.207. The van der Waals surface area contributed by atoms with Crippen molar-refractivity contribution in [3.05, 3.63) is 72.6 Å². The highest BCUT2D eigenvalue weighted by Gasteiger charge is 2.18. The quantitative estimate of drug-likeness (QED) is 0.490. The number of fused-ring (bicyclic) bond motifs is 3. The van der Waals surface area contributed by atoms with Crippen molar-refractivity contribution in [1.82, 2.24) is 14.3 Å². The Bertz CT molecular complexity index is 1140. The van der Waals surface area contributed by atoms with Crippen LogP contribution in [-0.4, -0.2) is 46.6 Å². The van der Waals surface area contributed by atoms with Crippen LogP contribution in [0.5, 0.6) is 5.75 Å². The highest BCUT2D eigenvalue weighted by atomic mass is 16.5. The van der Waals surface area contributed by atoms with Gasteiger partial charge in [0.1, 0.15) is 11.4 Å². The molecule has 2 aromatic carbocycles. The Kier molecular flexibility index (Phi) is 5.05. The monoisotopic (exact) mass is 400 g/mol. The Morgan fingerprint density at radius 3 is 2.50 bits per heavy atom. The maximum atomic E-state index is 5.76. The van der Waals surface area contributed by atoms with E-state index >= 15 is 0 Å². The van der Waals surface area contributed by atoms with Gasteiger partial charge >= 0.3 is 0 Å². The molecule has 0 amide bonds. The molecule has 5 heteroatoms. The summed E-state index contributed by atoms with van der Waals surface area (Å²) in [7, 11) is 0. The molecule has 5 nitrogen and oxygen atoms in total. The fourth-order valence-corrected chi connectivity index (χ4v) is 4.27. The first-order chi connectivity index (χ1) is 14.7. The van der Waals surface area contributed by atoms with Crippen LogP contribution in [0.1, 0.15) is 19.4 Å². The van der Waals surface area contributed by atoms with Crippen LogP contribution < -0.4 is 9.64 Å². The first-order valence-electron chi connectivity index (χ1n) is 10.7. The molecule has 3 heterocycles. The van der Waals surface area contributed by atoms with Crippen molar-refractivity contribution in [1.29, 1.82) is 0 Å². The Labute approximate surface area is 177 Å². The van der Waals surface area contributed by atoms with E-state index in [1.165, 1.54) is 22.2 Å². The molecule has 0 bridgehead atoms. The van der Waals surface area contributed by atoms with Gasteiger partial charge in [-0.3, -0.25) is 4.90 Å². The van der Waals surface area contributed by atoms with Crippen LogP contribution in [-0.2, 0) is 6.54 Å². The zero-order valence-corrected chi connectivity index (χ0v) is 17.7. The normalized spacial score (nSPS) is 15.4. The molecule has 0 atom stereocenters. The topological polar surface area (TPSA) is 33.0 Å². The van der Waals surface area contributed by atoms with Gasteiger partial charge in [-0.15, -0.1) is 0 Å². The fraction of sp³-hybridized carbons (Fsp3) is 0.320. The lowest BCUT2D eigenvalue weighted by atomic mass is 10.2. The lowest BCUT2D eigenvalue weighted by Crippen LogP contribution is -2.45. The van der Waals surface area contributed by atoms with Crippen LogP contribution in [0.4, 0.5) is 5.69 Å². The maximum absolute atomic E-state index is 5.76. The van der Waals surface area contributed by atoms with E-state index in [-0.39, 0.29) is 6.10 Å². The molecule has 1 aliphatic heterocycles. The molecule has 0 spiro atoms. The second-order valence-electron chi connectivity index (χ2n) is 8.32. The minimum Gasteiger partial charge on any atom is -0.491 e. The average Bonchev–Trinajstić information content (AvgIpc) is 3.17. The maximum Gasteiger partial charge on any atom is 0.137 e. The number of piperazine rings is 1. The SMILES string of the molecule is CC(C)Oc1ccc(N2CCN(Cc3cc4ncc5ccccc5n4c3)CC2)cc1. The van der Waals surface area contributed by atoms with Gasteiger partial charge in [0.05, 0.1) is 11.6 Å². The van der Waals surface area contributed by atoms with E-state index in [1.54, 1.807) is 0 Å². The molecule has 0 radical (unpaired) electrons. The predicted molar refractivity (Wildman–Crippen MR) is 122 cm³/mol. The third-order valence-electron chi connectivity index (χ3n) is 5.74. The van der Waals surface area contributed by atoms with E-state index in [0.717, 1.165) is 44.1 Å². The molecule has 0 N–H and O–H groups in total. The number of hydrogen-bond donors (Lipinski definition) is 0. The van der Waals surface area contributed by atoms with Gasteiger partial charge < -0.3 is 14.0 Å². The number of anilines is 1. The third kappa shape index (κ3) is 3.85. The summed E-state index contributed by atoms with van der Waals surface area (Å²) in [6.07, 6.45) is 4.41. The molecule has 1 aliphatic rings. The van der Waals surface area contributed by atoms with Crippen LogP contribution in [0.3, 0.4) is 0 Å². The highest BCUT2D eigenvalue weighted by Crippen LogP contribution is 2.23. The van der Waals surface area contributed by atoms with Gasteiger partial charge in [-0.1, -0.05) is 18.2 Å². The van der Waals surface area contributed by atoms with E-state index in [9.17, 15) is 0 Å². The summed E-state index contributed by atoms with van der Waals surface area (Å²) in [5.74, 6) is 0.939. The van der Waals surface area contributed by atoms with Gasteiger partial charge in [-0.25, -0.2) is 4.98 Å². The predicted octanol–water partition coefficient (Wildman–Crippen LogP) is 4.60. The van der Waals surface area contributed by atoms with Gasteiger partial charge in [0, 0.05) is 56.2 Å². The molecule has 30 heavy (non-hydrogen) atoms. The molecular weight excluding hydrogens is 372 g/mol. The molecule has 4 aromatic rings. The first-order valence-corrected chi connectivity index (χ1v) is 10.7. The molecule has 154 valence electrons. The number of rotatable bonds is 5. The molecular formula is C25H28N4O. The number of ether oxygens (including phenoxy) is 1. The van der Waals surface area contributed by atoms with Crippen molar-refractivity contribution < 1.29 is 4.74 Å². The second-order valence-corrected chi connectivity index (χ2v) is 8.32. The van der Waals surface area contributed by atoms with Crippen molar-refractivity contribution >= 4 is 22.2 Å². The highest BCUT2D eigenvalue weighted by molar-refractivity contribution is 5.80. The largest absolute Gasteiger partial charge is 0.491 e. The number of benzene rings is 2. The summed E-state index contributed by atoms with van der Waals surface area (Å²) in [6.45, 7) is 9.28. The van der Waals surface area contributed by atoms with Crippen LogP contribution in [0.2, 0.25) is 0 Å². The molecule has 2 aromatic heterocycles. The van der Waals surface area contributed by atoms with E-state index < -0.39 is 0 Å². The summed E-state index contributed by atoms with van der Waals surface area (Å²) in [5.41, 5.74) is 4.83. The van der Waals surface area contributed by atoms with Gasteiger partial charge in [0.15, 0.2) is 0 Å². The van der Waals surface area contributed by atoms with Gasteiger partial charge in [0.2, 0.25) is 0 Å². The van der Waals surface area contributed by atoms with Crippen molar-refractivity contribution in [2.75, 3.05) is 31.1 Å². The Morgan fingerprint density at radius 2 is 1.73 bits per heavy atom. The van der Waals surface area contributed by atoms with Gasteiger partial charge in [-0.2, -0.15) is 0 Å². The average molecular weight is 401 g/mol. The van der Waals surface area contributed by atoms with E-state index in [1.807, 2.05) is 6.20 Å². The summed E-state index contributed by atoms with van der Waals surface area (Å²) >= 11 is 0. The van der Waals surface area contributed by atoms with Crippen molar-refractivity contribution in [2.45, 2.75) is 26.5 Å². The standard InChI is InChI=1S/C25H28N4O/c1-19(2)30-23-9-7-22(8-10-23)28-13-11-27(12-14-28)17-20-15-25-26-16-21-5-3-4-6-24(21)29(25)18-20/h3-10,15-16,18-19H,11-14,17H2,1-2H3. The molecule has 1 saturated heterocycles. The van der Waals surface area contributed by atoms with Crippen molar-refractivity contribution in [3.8, 4) is 5.75 Å². The fourth-order valence-electron chi connectivity index (χ4n) is 4.27. The summed E-state index contributed by atoms with van der Waals surface area (Å²) in [6, 6.07) is 19.1. The number of hydrogen-bond acceptors (Lipinski definition) is 4. The third-order valence-corrected chi connectivity index (χ3v) is 5.74. The van der Waals surface area contributed by atoms with Crippen LogP contribution >= 0.6 is 0 Å². The smallest absolute Gasteiger partial charge is 0.137 e. The Balaban J connectivity index is 1.23. The first kappa shape index (κ1) is 18.9. The van der Waals surface area contributed by atoms with E-state index in [4.69, 9.17) is 4.74 Å². The lowest BCUT2D eigenvalue weighted by Gasteiger charge is -2.36. The Morgan fingerprint density at radius 1 is 0.967 bits per heavy atom. The number of para-hydroxylation sites is 1. The molecule has 0 aliphatic carbocycles. The second kappa shape index (κ2) is 8.00. The number of nitrogens with zero attached hydrogens (tertiary/aromatic N) is 4. The van der Waals surface area contributed by atoms with Gasteiger partial charge in [0.25, 0.3) is 0 Å². The van der Waals surface area contributed by atoms with Crippen LogP contribution in [0.15, 0.2) is 67.0 Å². The number of aromatic nitrogens is 2. The molecule has 0 unspecified atom stereocenters. The Hall–Kier alpha value is -3.05. The summed E-state index contributed by atoms with van der Waals surface area (Å²) < 4.78 is 7.97. The van der Waals surface area contributed by atoms with Gasteiger partial charge in [-0.05, 0) is 55.8 Å². The zero-order valence-electron chi connectivity index (χ0n) is 17.7. The molecule has 1 fully saturated rings. The minimum atomic E-state index is 0.207. The van der Waals surface area contributed by atoms with Crippen LogP contribution in [0.25, 0.3) is 16.6 Å². The van der Waals surface area contributed by atoms with Crippen molar-refractivity contribution in [2.24, 2.45) is 0 Å². The summed E-state index contributed by atoms with van der Waals surface area (Å²) in [5, 5.41) is 1.17. The van der Waals surface area contributed by atoms with Crippen LogP contribution in [0, 0.1) is 0 Å². The van der Waals surface area contributed by atoms with E-state index in [2.05, 4.69) is 93.8 Å². The zero-order chi connectivity index (χ0) is 20.5. The van der Waals surface area contributed by atoms with E-state index in [0.29, 0.717) is 0 Å². The lowest BCUT2D eigenvalue weighted by molar-refractivity contribution is 0.242.